The quantitative estimate of drug-likeness (QED) is 0.587. The van der Waals surface area contributed by atoms with Crippen molar-refractivity contribution in [2.75, 3.05) is 12.4 Å². The van der Waals surface area contributed by atoms with Crippen LogP contribution in [-0.4, -0.2) is 24.0 Å². The van der Waals surface area contributed by atoms with Gasteiger partial charge in [-0.3, -0.25) is 4.79 Å². The highest BCUT2D eigenvalue weighted by Crippen LogP contribution is 2.60. The van der Waals surface area contributed by atoms with E-state index in [1.807, 2.05) is 0 Å². The Morgan fingerprint density at radius 1 is 1.10 bits per heavy atom. The van der Waals surface area contributed by atoms with Crippen molar-refractivity contribution < 1.29 is 9.53 Å². The Kier molecular flexibility index (Phi) is 5.74. The average molecular weight is 441 g/mol. The number of fused-ring (bicyclic) bond motifs is 5. The maximum Gasteiger partial charge on any atom is 0.171 e. The summed E-state index contributed by atoms with van der Waals surface area (Å²) in [7, 11) is 1.74. The minimum atomic E-state index is -0.0717. The maximum absolute atomic E-state index is 12.6. The Labute approximate surface area is 191 Å². The zero-order valence-electron chi connectivity index (χ0n) is 19.0. The number of nitrogens with one attached hydrogen (secondary N) is 2. The van der Waals surface area contributed by atoms with Crippen molar-refractivity contribution in [1.29, 1.82) is 0 Å². The predicted molar refractivity (Wildman–Crippen MR) is 129 cm³/mol. The summed E-state index contributed by atoms with van der Waals surface area (Å²) in [6.07, 6.45) is 12.6. The first-order valence-corrected chi connectivity index (χ1v) is 12.7. The Hall–Kier alpha value is -1.62. The lowest BCUT2D eigenvalue weighted by Crippen LogP contribution is -2.42. The van der Waals surface area contributed by atoms with E-state index in [-0.39, 0.29) is 5.41 Å². The monoisotopic (exact) mass is 440 g/mol. The summed E-state index contributed by atoms with van der Waals surface area (Å²) < 4.78 is 5.74. The number of thiocarbonyl (C=S) groups is 1. The number of hydrogen-bond acceptors (Lipinski definition) is 3. The molecular weight excluding hydrogens is 404 g/mol. The van der Waals surface area contributed by atoms with Crippen LogP contribution >= 0.6 is 12.2 Å². The van der Waals surface area contributed by atoms with Gasteiger partial charge in [0.15, 0.2) is 5.11 Å². The average Bonchev–Trinajstić information content (AvgIpc) is 3.08. The van der Waals surface area contributed by atoms with Gasteiger partial charge in [0.25, 0.3) is 0 Å². The van der Waals surface area contributed by atoms with Crippen LogP contribution in [0.4, 0.5) is 5.69 Å². The van der Waals surface area contributed by atoms with Crippen LogP contribution in [0, 0.1) is 17.3 Å². The van der Waals surface area contributed by atoms with Crippen molar-refractivity contribution in [3.63, 3.8) is 0 Å². The topological polar surface area (TPSA) is 50.4 Å². The molecule has 1 aromatic rings. The molecule has 168 valence electrons. The van der Waals surface area contributed by atoms with Gasteiger partial charge in [-0.25, -0.2) is 0 Å². The summed E-state index contributed by atoms with van der Waals surface area (Å²) in [4.78, 5) is 12.6. The second kappa shape index (κ2) is 8.38. The third-order valence-electron chi connectivity index (χ3n) is 8.94. The first kappa shape index (κ1) is 21.2. The van der Waals surface area contributed by atoms with Crippen molar-refractivity contribution in [2.45, 2.75) is 89.5 Å². The number of ketones is 1. The Morgan fingerprint density at radius 2 is 1.90 bits per heavy atom. The van der Waals surface area contributed by atoms with Crippen molar-refractivity contribution in [3.05, 3.63) is 23.3 Å². The van der Waals surface area contributed by atoms with Crippen molar-refractivity contribution in [2.24, 2.45) is 17.3 Å². The second-order valence-electron chi connectivity index (χ2n) is 10.5. The maximum atomic E-state index is 12.6. The molecule has 0 bridgehead atoms. The highest BCUT2D eigenvalue weighted by Gasteiger charge is 2.54. The van der Waals surface area contributed by atoms with Gasteiger partial charge in [0.1, 0.15) is 11.5 Å². The molecule has 31 heavy (non-hydrogen) atoms. The van der Waals surface area contributed by atoms with Gasteiger partial charge in [-0.1, -0.05) is 26.2 Å². The van der Waals surface area contributed by atoms with Gasteiger partial charge >= 0.3 is 0 Å². The van der Waals surface area contributed by atoms with Gasteiger partial charge < -0.3 is 15.4 Å². The van der Waals surface area contributed by atoms with Gasteiger partial charge in [-0.2, -0.15) is 0 Å². The van der Waals surface area contributed by atoms with E-state index in [9.17, 15) is 4.79 Å². The summed E-state index contributed by atoms with van der Waals surface area (Å²) in [6, 6.07) is 5.02. The molecule has 5 heteroatoms. The lowest BCUT2D eigenvalue weighted by atomic mass is 9.55. The fourth-order valence-corrected chi connectivity index (χ4v) is 7.50. The van der Waals surface area contributed by atoms with Gasteiger partial charge in [-0.15, -0.1) is 0 Å². The van der Waals surface area contributed by atoms with Crippen LogP contribution in [0.3, 0.4) is 0 Å². The molecule has 4 aliphatic rings. The third kappa shape index (κ3) is 3.77. The van der Waals surface area contributed by atoms with E-state index < -0.39 is 0 Å². The number of benzene rings is 1. The van der Waals surface area contributed by atoms with Gasteiger partial charge in [0.2, 0.25) is 0 Å². The van der Waals surface area contributed by atoms with Crippen LogP contribution in [0.5, 0.6) is 5.75 Å². The summed E-state index contributed by atoms with van der Waals surface area (Å²) in [6.45, 7) is 2.25. The molecule has 0 aliphatic heterocycles. The molecule has 0 amide bonds. The molecule has 5 rings (SSSR count). The first-order valence-electron chi connectivity index (χ1n) is 12.3. The molecule has 4 aliphatic carbocycles. The van der Waals surface area contributed by atoms with Gasteiger partial charge in [0.05, 0.1) is 12.8 Å². The smallest absolute Gasteiger partial charge is 0.171 e. The lowest BCUT2D eigenvalue weighted by Gasteiger charge is -2.48. The molecule has 0 radical (unpaired) electrons. The molecule has 0 heterocycles. The molecule has 3 fully saturated rings. The number of ether oxygens (including phenoxy) is 1. The van der Waals surface area contributed by atoms with Crippen molar-refractivity contribution >= 4 is 28.8 Å². The van der Waals surface area contributed by atoms with E-state index in [0.29, 0.717) is 34.7 Å². The third-order valence-corrected chi connectivity index (χ3v) is 9.16. The zero-order chi connectivity index (χ0) is 21.6. The molecule has 0 aromatic heterocycles. The standard InChI is InChI=1S/C26H36N2O2S/c1-26-13-12-18-19(21(26)10-11-24(26)29)9-8-16-14-23(30-2)22(15-20(16)18)28-25(31)27-17-6-4-3-5-7-17/h14-15,17-19,21H,3-13H2,1-2H3,(H2,27,28,31)/t18-,19+,21-,26-/m0/s1. The van der Waals surface area contributed by atoms with E-state index >= 15 is 0 Å². The van der Waals surface area contributed by atoms with Crippen molar-refractivity contribution in [3.8, 4) is 5.75 Å². The van der Waals surface area contributed by atoms with Gasteiger partial charge in [0, 0.05) is 17.9 Å². The number of carbonyl (C=O) groups is 1. The van der Waals surface area contributed by atoms with E-state index in [0.717, 1.165) is 43.5 Å². The molecular formula is C26H36N2O2S. The number of rotatable bonds is 3. The van der Waals surface area contributed by atoms with Crippen molar-refractivity contribution in [1.82, 2.24) is 5.32 Å². The van der Waals surface area contributed by atoms with Crippen LogP contribution < -0.4 is 15.4 Å². The van der Waals surface area contributed by atoms with Crippen LogP contribution in [0.2, 0.25) is 0 Å². The Morgan fingerprint density at radius 3 is 2.68 bits per heavy atom. The minimum Gasteiger partial charge on any atom is -0.495 e. The fraction of sp³-hybridized carbons (Fsp3) is 0.692. The minimum absolute atomic E-state index is 0.0717. The largest absolute Gasteiger partial charge is 0.495 e. The molecule has 4 atom stereocenters. The van der Waals surface area contributed by atoms with E-state index in [1.165, 1.54) is 49.7 Å². The highest BCUT2D eigenvalue weighted by molar-refractivity contribution is 7.80. The molecule has 0 spiro atoms. The Bertz CT molecular complexity index is 878. The molecule has 3 saturated carbocycles. The molecule has 1 aromatic carbocycles. The van der Waals surface area contributed by atoms with E-state index in [4.69, 9.17) is 17.0 Å². The van der Waals surface area contributed by atoms with Crippen LogP contribution in [0.15, 0.2) is 12.1 Å². The number of anilines is 1. The summed E-state index contributed by atoms with van der Waals surface area (Å²) >= 11 is 5.67. The fourth-order valence-electron chi connectivity index (χ4n) is 7.23. The number of methoxy groups -OCH3 is 1. The number of Topliss-reactive ketones (excluding diaryl/α,β-unsaturated/α-hetero) is 1. The van der Waals surface area contributed by atoms with Crippen LogP contribution in [0.1, 0.15) is 88.2 Å². The summed E-state index contributed by atoms with van der Waals surface area (Å²) in [5.41, 5.74) is 3.78. The van der Waals surface area contributed by atoms with E-state index in [2.05, 4.69) is 29.7 Å². The highest BCUT2D eigenvalue weighted by atomic mass is 32.1. The first-order chi connectivity index (χ1) is 15.0. The van der Waals surface area contributed by atoms with E-state index in [1.54, 1.807) is 7.11 Å². The SMILES string of the molecule is COc1cc2c(cc1NC(=S)NC1CCCCC1)[C@H]1CC[C@]3(C)C(=O)CC[C@H]3[C@@H]1CC2. The molecule has 2 N–H and O–H groups in total. The lowest BCUT2D eigenvalue weighted by molar-refractivity contribution is -0.129. The number of aryl methyl sites for hydroxylation is 1. The summed E-state index contributed by atoms with van der Waals surface area (Å²) in [5, 5.41) is 7.68. The normalized spacial score (nSPS) is 32.6. The molecule has 0 saturated heterocycles. The Balaban J connectivity index is 1.38. The number of carbonyl (C=O) groups excluding carboxylic acids is 1. The van der Waals surface area contributed by atoms with Crippen LogP contribution in [0.25, 0.3) is 0 Å². The number of hydrogen-bond donors (Lipinski definition) is 2. The zero-order valence-corrected chi connectivity index (χ0v) is 19.8. The second-order valence-corrected chi connectivity index (χ2v) is 10.9. The van der Waals surface area contributed by atoms with Gasteiger partial charge in [-0.05, 0) is 98.2 Å². The predicted octanol–water partition coefficient (Wildman–Crippen LogP) is 5.74. The summed E-state index contributed by atoms with van der Waals surface area (Å²) in [5.74, 6) is 3.13. The van der Waals surface area contributed by atoms with Crippen LogP contribution in [-0.2, 0) is 11.2 Å². The molecule has 4 nitrogen and oxygen atoms in total. The molecule has 0 unspecified atom stereocenters.